The van der Waals surface area contributed by atoms with Gasteiger partial charge in [-0.3, -0.25) is 9.59 Å². The summed E-state index contributed by atoms with van der Waals surface area (Å²) in [4.78, 5) is 25.8. The molecule has 0 fully saturated rings. The van der Waals surface area contributed by atoms with E-state index in [0.29, 0.717) is 24.6 Å². The van der Waals surface area contributed by atoms with Crippen molar-refractivity contribution < 1.29 is 4.79 Å². The molecule has 4 heteroatoms. The molecule has 1 heterocycles. The summed E-state index contributed by atoms with van der Waals surface area (Å²) in [5.41, 5.74) is 3.47. The summed E-state index contributed by atoms with van der Waals surface area (Å²) in [6.45, 7) is 6.74. The van der Waals surface area contributed by atoms with Crippen LogP contribution in [0.5, 0.6) is 0 Å². The number of hydrogen-bond donors (Lipinski definition) is 1. The van der Waals surface area contributed by atoms with Crippen LogP contribution in [0.2, 0.25) is 0 Å². The third kappa shape index (κ3) is 4.58. The van der Waals surface area contributed by atoms with Crippen LogP contribution in [-0.4, -0.2) is 10.5 Å². The van der Waals surface area contributed by atoms with Crippen LogP contribution in [-0.2, 0) is 13.0 Å². The number of aromatic nitrogens is 1. The highest BCUT2D eigenvalue weighted by molar-refractivity contribution is 6.05. The minimum absolute atomic E-state index is 0.231. The summed E-state index contributed by atoms with van der Waals surface area (Å²) in [5, 5.41) is 2.87. The van der Waals surface area contributed by atoms with Gasteiger partial charge >= 0.3 is 0 Å². The molecule has 3 aromatic rings. The molecule has 28 heavy (non-hydrogen) atoms. The number of carbonyl (C=O) groups excluding carboxylic acids is 1. The van der Waals surface area contributed by atoms with Crippen molar-refractivity contribution in [1.82, 2.24) is 4.57 Å². The van der Waals surface area contributed by atoms with Gasteiger partial charge in [0.1, 0.15) is 5.56 Å². The van der Waals surface area contributed by atoms with Crippen molar-refractivity contribution in [3.8, 4) is 0 Å². The fourth-order valence-corrected chi connectivity index (χ4v) is 3.37. The Labute approximate surface area is 165 Å². The van der Waals surface area contributed by atoms with E-state index in [9.17, 15) is 9.59 Å². The first-order chi connectivity index (χ1) is 13.5. The van der Waals surface area contributed by atoms with Crippen molar-refractivity contribution in [2.24, 2.45) is 5.92 Å². The predicted octanol–water partition coefficient (Wildman–Crippen LogP) is 4.66. The molecule has 0 saturated heterocycles. The first-order valence-electron chi connectivity index (χ1n) is 9.59. The summed E-state index contributed by atoms with van der Waals surface area (Å²) < 4.78 is 2.09. The van der Waals surface area contributed by atoms with Crippen molar-refractivity contribution in [3.63, 3.8) is 0 Å². The number of rotatable bonds is 6. The van der Waals surface area contributed by atoms with Crippen molar-refractivity contribution in [2.45, 2.75) is 33.7 Å². The van der Waals surface area contributed by atoms with Gasteiger partial charge < -0.3 is 9.88 Å². The van der Waals surface area contributed by atoms with E-state index in [1.54, 1.807) is 6.07 Å². The lowest BCUT2D eigenvalue weighted by atomic mass is 10.00. The smallest absolute Gasteiger partial charge is 0.261 e. The molecular weight excluding hydrogens is 348 g/mol. The van der Waals surface area contributed by atoms with Crippen LogP contribution in [0.4, 0.5) is 5.69 Å². The fourth-order valence-electron chi connectivity index (χ4n) is 3.37. The van der Waals surface area contributed by atoms with E-state index in [4.69, 9.17) is 0 Å². The van der Waals surface area contributed by atoms with Crippen molar-refractivity contribution >= 4 is 11.6 Å². The Morgan fingerprint density at radius 3 is 2.21 bits per heavy atom. The molecule has 0 aliphatic carbocycles. The highest BCUT2D eigenvalue weighted by atomic mass is 16.2. The van der Waals surface area contributed by atoms with Gasteiger partial charge in [-0.15, -0.1) is 0 Å². The largest absolute Gasteiger partial charge is 0.343 e. The second-order valence-corrected chi connectivity index (χ2v) is 7.46. The maximum Gasteiger partial charge on any atom is 0.261 e. The van der Waals surface area contributed by atoms with Crippen LogP contribution in [0.25, 0.3) is 0 Å². The molecule has 0 bridgehead atoms. The Morgan fingerprint density at radius 1 is 1.00 bits per heavy atom. The van der Waals surface area contributed by atoms with Crippen molar-refractivity contribution in [2.75, 3.05) is 5.32 Å². The van der Waals surface area contributed by atoms with E-state index in [2.05, 4.69) is 35.9 Å². The van der Waals surface area contributed by atoms with E-state index in [1.165, 1.54) is 0 Å². The molecule has 0 unspecified atom stereocenters. The van der Waals surface area contributed by atoms with Crippen LogP contribution >= 0.6 is 0 Å². The van der Waals surface area contributed by atoms with E-state index < -0.39 is 0 Å². The van der Waals surface area contributed by atoms with E-state index in [1.807, 2.05) is 55.5 Å². The summed E-state index contributed by atoms with van der Waals surface area (Å²) >= 11 is 0. The van der Waals surface area contributed by atoms with Gasteiger partial charge in [0.15, 0.2) is 5.43 Å². The second-order valence-electron chi connectivity index (χ2n) is 7.46. The van der Waals surface area contributed by atoms with E-state index in [-0.39, 0.29) is 16.9 Å². The van der Waals surface area contributed by atoms with Crippen LogP contribution in [0.1, 0.15) is 41.2 Å². The summed E-state index contributed by atoms with van der Waals surface area (Å²) in [5.74, 6) is -0.0415. The van der Waals surface area contributed by atoms with Crippen molar-refractivity contribution in [1.29, 1.82) is 0 Å². The van der Waals surface area contributed by atoms with Gasteiger partial charge in [-0.05, 0) is 37.0 Å². The number of nitrogens with zero attached hydrogens (tertiary/aromatic N) is 1. The molecule has 0 aliphatic rings. The Bertz CT molecular complexity index is 1010. The topological polar surface area (TPSA) is 51.1 Å². The molecule has 1 aromatic heterocycles. The molecular formula is C24H26N2O2. The lowest BCUT2D eigenvalue weighted by Crippen LogP contribution is -2.29. The lowest BCUT2D eigenvalue weighted by Gasteiger charge is -2.21. The van der Waals surface area contributed by atoms with Crippen LogP contribution < -0.4 is 10.7 Å². The Morgan fingerprint density at radius 2 is 1.61 bits per heavy atom. The Balaban J connectivity index is 2.08. The second kappa shape index (κ2) is 8.70. The zero-order chi connectivity index (χ0) is 20.1. The van der Waals surface area contributed by atoms with Gasteiger partial charge in [-0.1, -0.05) is 62.4 Å². The zero-order valence-electron chi connectivity index (χ0n) is 16.6. The molecule has 0 radical (unpaired) electrons. The summed E-state index contributed by atoms with van der Waals surface area (Å²) in [7, 11) is 0. The van der Waals surface area contributed by atoms with Gasteiger partial charge in [0.05, 0.1) is 0 Å². The zero-order valence-corrected chi connectivity index (χ0v) is 16.6. The Kier molecular flexibility index (Phi) is 6.09. The average Bonchev–Trinajstić information content (AvgIpc) is 2.66. The number of aryl methyl sites for hydroxylation is 1. The number of nitrogens with one attached hydrogen (secondary N) is 1. The van der Waals surface area contributed by atoms with Gasteiger partial charge in [-0.25, -0.2) is 0 Å². The lowest BCUT2D eigenvalue weighted by molar-refractivity contribution is 0.102. The minimum atomic E-state index is -0.353. The van der Waals surface area contributed by atoms with Crippen LogP contribution in [0, 0.1) is 12.8 Å². The maximum atomic E-state index is 13.0. The van der Waals surface area contributed by atoms with Crippen LogP contribution in [0.3, 0.4) is 0 Å². The first-order valence-corrected chi connectivity index (χ1v) is 9.59. The Hall–Kier alpha value is -3.14. The van der Waals surface area contributed by atoms with Gasteiger partial charge in [0.2, 0.25) is 0 Å². The van der Waals surface area contributed by atoms with Gasteiger partial charge in [0, 0.05) is 29.7 Å². The predicted molar refractivity (Wildman–Crippen MR) is 114 cm³/mol. The SMILES string of the molecule is Cc1cc(=O)c(C(=O)Nc2ccccc2)c(CC(C)C)n1Cc1ccccc1. The number of amides is 1. The van der Waals surface area contributed by atoms with Crippen LogP contribution in [0.15, 0.2) is 71.5 Å². The fraction of sp³-hybridized carbons (Fsp3) is 0.250. The molecule has 144 valence electrons. The van der Waals surface area contributed by atoms with Gasteiger partial charge in [0.25, 0.3) is 5.91 Å². The molecule has 3 rings (SSSR count). The van der Waals surface area contributed by atoms with Crippen molar-refractivity contribution in [3.05, 3.63) is 99.5 Å². The third-order valence-electron chi connectivity index (χ3n) is 4.67. The third-order valence-corrected chi connectivity index (χ3v) is 4.67. The quantitative estimate of drug-likeness (QED) is 0.682. The highest BCUT2D eigenvalue weighted by Gasteiger charge is 2.21. The average molecular weight is 374 g/mol. The summed E-state index contributed by atoms with van der Waals surface area (Å²) in [6.07, 6.45) is 0.654. The molecule has 1 amide bonds. The number of carbonyl (C=O) groups is 1. The number of hydrogen-bond acceptors (Lipinski definition) is 2. The highest BCUT2D eigenvalue weighted by Crippen LogP contribution is 2.18. The first kappa shape index (κ1) is 19.6. The standard InChI is InChI=1S/C24H26N2O2/c1-17(2)14-21-23(24(28)25-20-12-8-5-9-13-20)22(27)15-18(3)26(21)16-19-10-6-4-7-11-19/h4-13,15,17H,14,16H2,1-3H3,(H,25,28). The molecule has 0 aliphatic heterocycles. The molecule has 1 N–H and O–H groups in total. The van der Waals surface area contributed by atoms with Gasteiger partial charge in [-0.2, -0.15) is 0 Å². The van der Waals surface area contributed by atoms with E-state index >= 15 is 0 Å². The minimum Gasteiger partial charge on any atom is -0.343 e. The monoisotopic (exact) mass is 374 g/mol. The summed E-state index contributed by atoms with van der Waals surface area (Å²) in [6, 6.07) is 20.9. The number of para-hydroxylation sites is 1. The van der Waals surface area contributed by atoms with E-state index in [0.717, 1.165) is 17.0 Å². The molecule has 0 saturated carbocycles. The molecule has 2 aromatic carbocycles. The normalized spacial score (nSPS) is 10.9. The number of pyridine rings is 1. The molecule has 0 atom stereocenters. The number of benzene rings is 2. The number of anilines is 1. The maximum absolute atomic E-state index is 13.0. The molecule has 4 nitrogen and oxygen atoms in total. The molecule has 0 spiro atoms.